The van der Waals surface area contributed by atoms with Crippen LogP contribution < -0.4 is 0 Å². The molecule has 2 aliphatic rings. The van der Waals surface area contributed by atoms with Crippen LogP contribution in [0.2, 0.25) is 0 Å². The van der Waals surface area contributed by atoms with Crippen molar-refractivity contribution < 1.29 is 0 Å². The van der Waals surface area contributed by atoms with Crippen molar-refractivity contribution in [3.8, 4) is 45.0 Å². The molecule has 236 valence electrons. The molecular weight excluding hydrogens is 607 g/mol. The quantitative estimate of drug-likeness (QED) is 0.193. The Balaban J connectivity index is 1.24. The van der Waals surface area contributed by atoms with Crippen LogP contribution in [0.3, 0.4) is 0 Å². The number of hydrogen-bond acceptors (Lipinski definition) is 3. The number of nitrogens with zero attached hydrogens (tertiary/aromatic N) is 3. The fraction of sp³-hybridized carbons (Fsp3) is 0.0851. The summed E-state index contributed by atoms with van der Waals surface area (Å²) in [4.78, 5) is 5.34. The highest BCUT2D eigenvalue weighted by Crippen LogP contribution is 2.62. The molecule has 7 aromatic carbocycles. The summed E-state index contributed by atoms with van der Waals surface area (Å²) in [6.45, 7) is 4.72. The van der Waals surface area contributed by atoms with Crippen molar-refractivity contribution in [2.45, 2.75) is 24.7 Å². The molecule has 0 aliphatic heterocycles. The van der Waals surface area contributed by atoms with Crippen molar-refractivity contribution in [3.63, 3.8) is 0 Å². The van der Waals surface area contributed by atoms with Gasteiger partial charge in [0.15, 0.2) is 5.82 Å². The molecule has 0 N–H and O–H groups in total. The maximum Gasteiger partial charge on any atom is 0.182 e. The molecule has 0 atom stereocenters. The average molecular weight is 640 g/mol. The molecule has 8 aromatic rings. The van der Waals surface area contributed by atoms with Crippen LogP contribution in [0.25, 0.3) is 55.8 Å². The highest BCUT2D eigenvalue weighted by molar-refractivity contribution is 5.99. The third kappa shape index (κ3) is 3.89. The lowest BCUT2D eigenvalue weighted by atomic mass is 9.55. The topological polar surface area (TPSA) is 38.7 Å². The summed E-state index contributed by atoms with van der Waals surface area (Å²) in [5.41, 5.74) is 14.4. The summed E-state index contributed by atoms with van der Waals surface area (Å²) in [6, 6.07) is 58.9. The predicted octanol–water partition coefficient (Wildman–Crippen LogP) is 11.0. The van der Waals surface area contributed by atoms with Gasteiger partial charge >= 0.3 is 0 Å². The minimum atomic E-state index is -0.483. The van der Waals surface area contributed by atoms with Crippen LogP contribution in [0.5, 0.6) is 0 Å². The van der Waals surface area contributed by atoms with Gasteiger partial charge in [-0.1, -0.05) is 172 Å². The van der Waals surface area contributed by atoms with Gasteiger partial charge in [-0.2, -0.15) is 0 Å². The smallest absolute Gasteiger partial charge is 0.182 e. The zero-order chi connectivity index (χ0) is 33.5. The molecule has 3 heteroatoms. The second-order valence-corrected chi connectivity index (χ2v) is 14.0. The Hall–Kier alpha value is -6.19. The van der Waals surface area contributed by atoms with Crippen LogP contribution in [0.4, 0.5) is 0 Å². The molecule has 1 aromatic heterocycles. The van der Waals surface area contributed by atoms with Crippen LogP contribution in [-0.2, 0) is 10.8 Å². The minimum absolute atomic E-state index is 0.150. The maximum absolute atomic E-state index is 5.34. The van der Waals surface area contributed by atoms with E-state index in [2.05, 4.69) is 172 Å². The van der Waals surface area contributed by atoms with Crippen molar-refractivity contribution in [2.24, 2.45) is 0 Å². The third-order valence-electron chi connectivity index (χ3n) is 11.1. The Morgan fingerprint density at radius 1 is 0.400 bits per heavy atom. The molecule has 10 rings (SSSR count). The summed E-state index contributed by atoms with van der Waals surface area (Å²) in [5, 5.41) is 12.1. The standard InChI is InChI=1S/C47H33N3/c1-46(2)38-23-10-12-25-40(38)47(41-26-13-11-24-39(41)46)37-22-9-8-20-34(37)35-28-27-32(29-42(35)47)45-48-43(31-16-4-3-5-17-31)44(49-50-45)36-21-14-18-30-15-6-7-19-33(30)36/h3-29H,1-2H3. The first-order chi connectivity index (χ1) is 24.6. The fourth-order valence-electron chi connectivity index (χ4n) is 8.86. The lowest BCUT2D eigenvalue weighted by Crippen LogP contribution is -2.40. The fourth-order valence-corrected chi connectivity index (χ4v) is 8.86. The van der Waals surface area contributed by atoms with E-state index in [-0.39, 0.29) is 5.41 Å². The van der Waals surface area contributed by atoms with E-state index in [4.69, 9.17) is 15.2 Å². The van der Waals surface area contributed by atoms with Gasteiger partial charge in [-0.25, -0.2) is 4.98 Å². The van der Waals surface area contributed by atoms with Crippen molar-refractivity contribution in [2.75, 3.05) is 0 Å². The van der Waals surface area contributed by atoms with Gasteiger partial charge in [-0.15, -0.1) is 10.2 Å². The summed E-state index contributed by atoms with van der Waals surface area (Å²) in [6.07, 6.45) is 0. The van der Waals surface area contributed by atoms with Crippen LogP contribution in [0, 0.1) is 0 Å². The number of hydrogen-bond donors (Lipinski definition) is 0. The normalized spacial score (nSPS) is 14.5. The third-order valence-corrected chi connectivity index (χ3v) is 11.1. The molecule has 1 heterocycles. The Kier molecular flexibility index (Phi) is 6.13. The van der Waals surface area contributed by atoms with Crippen LogP contribution >= 0.6 is 0 Å². The van der Waals surface area contributed by atoms with Gasteiger partial charge in [-0.05, 0) is 61.3 Å². The zero-order valence-corrected chi connectivity index (χ0v) is 27.9. The highest BCUT2D eigenvalue weighted by atomic mass is 15.2. The van der Waals surface area contributed by atoms with Crippen molar-refractivity contribution >= 4 is 10.8 Å². The average Bonchev–Trinajstić information content (AvgIpc) is 3.47. The first-order valence-electron chi connectivity index (χ1n) is 17.3. The van der Waals surface area contributed by atoms with E-state index in [1.807, 2.05) is 6.07 Å². The zero-order valence-electron chi connectivity index (χ0n) is 27.9. The molecule has 0 fully saturated rings. The van der Waals surface area contributed by atoms with E-state index >= 15 is 0 Å². The lowest BCUT2D eigenvalue weighted by Gasteiger charge is -2.46. The number of rotatable bonds is 3. The molecule has 50 heavy (non-hydrogen) atoms. The second kappa shape index (κ2) is 10.7. The minimum Gasteiger partial charge on any atom is -0.224 e. The molecule has 2 aliphatic carbocycles. The van der Waals surface area contributed by atoms with Crippen molar-refractivity contribution in [1.82, 2.24) is 15.2 Å². The maximum atomic E-state index is 5.34. The second-order valence-electron chi connectivity index (χ2n) is 14.0. The summed E-state index contributed by atoms with van der Waals surface area (Å²) in [5.74, 6) is 0.611. The Labute approximate surface area is 292 Å². The van der Waals surface area contributed by atoms with E-state index in [0.717, 1.165) is 38.9 Å². The largest absolute Gasteiger partial charge is 0.224 e. The number of benzene rings is 7. The number of aromatic nitrogens is 3. The van der Waals surface area contributed by atoms with E-state index < -0.39 is 5.41 Å². The van der Waals surface area contributed by atoms with Crippen molar-refractivity contribution in [1.29, 1.82) is 0 Å². The summed E-state index contributed by atoms with van der Waals surface area (Å²) in [7, 11) is 0. The van der Waals surface area contributed by atoms with Crippen molar-refractivity contribution in [3.05, 3.63) is 197 Å². The predicted molar refractivity (Wildman–Crippen MR) is 203 cm³/mol. The van der Waals surface area contributed by atoms with Crippen LogP contribution in [0.15, 0.2) is 164 Å². The molecule has 1 spiro atoms. The molecule has 0 amide bonds. The summed E-state index contributed by atoms with van der Waals surface area (Å²) >= 11 is 0. The van der Waals surface area contributed by atoms with Gasteiger partial charge in [0.05, 0.1) is 5.41 Å². The monoisotopic (exact) mass is 639 g/mol. The molecule has 0 bridgehead atoms. The van der Waals surface area contributed by atoms with Gasteiger partial charge in [0, 0.05) is 22.1 Å². The molecule has 0 unspecified atom stereocenters. The Morgan fingerprint density at radius 3 is 1.74 bits per heavy atom. The molecule has 0 radical (unpaired) electrons. The highest BCUT2D eigenvalue weighted by Gasteiger charge is 2.53. The Bertz CT molecular complexity index is 2580. The van der Waals surface area contributed by atoms with Crippen LogP contribution in [0.1, 0.15) is 47.2 Å². The van der Waals surface area contributed by atoms with E-state index in [0.29, 0.717) is 5.82 Å². The van der Waals surface area contributed by atoms with Gasteiger partial charge in [0.2, 0.25) is 0 Å². The van der Waals surface area contributed by atoms with Gasteiger partial charge in [0.1, 0.15) is 11.4 Å². The van der Waals surface area contributed by atoms with Crippen LogP contribution in [-0.4, -0.2) is 15.2 Å². The van der Waals surface area contributed by atoms with E-state index in [9.17, 15) is 0 Å². The first kappa shape index (κ1) is 28.8. The van der Waals surface area contributed by atoms with Gasteiger partial charge < -0.3 is 0 Å². The lowest BCUT2D eigenvalue weighted by molar-refractivity contribution is 0.563. The van der Waals surface area contributed by atoms with Gasteiger partial charge in [0.25, 0.3) is 0 Å². The molecule has 3 nitrogen and oxygen atoms in total. The van der Waals surface area contributed by atoms with E-state index in [1.165, 1.54) is 44.5 Å². The Morgan fingerprint density at radius 2 is 0.980 bits per heavy atom. The SMILES string of the molecule is CC1(C)c2ccccc2C2(c3ccccc3-c3ccc(-c4nnc(-c5cccc6ccccc56)c(-c5ccccc5)n4)cc32)c2ccccc21. The molecular formula is C47H33N3. The first-order valence-corrected chi connectivity index (χ1v) is 17.3. The van der Waals surface area contributed by atoms with E-state index in [1.54, 1.807) is 0 Å². The molecule has 0 saturated carbocycles. The summed E-state index contributed by atoms with van der Waals surface area (Å²) < 4.78 is 0. The number of fused-ring (bicyclic) bond motifs is 10. The molecule has 0 saturated heterocycles. The van der Waals surface area contributed by atoms with Gasteiger partial charge in [-0.3, -0.25) is 0 Å².